The predicted octanol–water partition coefficient (Wildman–Crippen LogP) is 1.94. The minimum absolute atomic E-state index is 0.222. The zero-order valence-electron chi connectivity index (χ0n) is 8.40. The van der Waals surface area contributed by atoms with E-state index in [-0.39, 0.29) is 5.91 Å². The van der Waals surface area contributed by atoms with Crippen molar-refractivity contribution in [3.05, 3.63) is 28.7 Å². The number of aliphatic hydroxyl groups is 1. The molecular formula is C11H12BrNO2. The molecule has 1 aliphatic heterocycles. The molecule has 2 rings (SSSR count). The van der Waals surface area contributed by atoms with Gasteiger partial charge >= 0.3 is 0 Å². The molecule has 0 saturated carbocycles. The predicted molar refractivity (Wildman–Crippen MR) is 61.7 cm³/mol. The minimum Gasteiger partial charge on any atom is -0.380 e. The first-order valence-corrected chi connectivity index (χ1v) is 5.60. The number of halogens is 1. The molecule has 4 heteroatoms. The Bertz CT molecular complexity index is 403. The van der Waals surface area contributed by atoms with E-state index in [4.69, 9.17) is 0 Å². The molecule has 1 unspecified atom stereocenters. The van der Waals surface area contributed by atoms with Gasteiger partial charge in [0.15, 0.2) is 0 Å². The number of anilines is 1. The molecule has 80 valence electrons. The first-order valence-electron chi connectivity index (χ1n) is 4.81. The van der Waals surface area contributed by atoms with Crippen molar-refractivity contribution < 1.29 is 9.90 Å². The molecule has 1 heterocycles. The Balaban J connectivity index is 2.31. The van der Waals surface area contributed by atoms with Gasteiger partial charge in [0, 0.05) is 23.1 Å². The summed E-state index contributed by atoms with van der Waals surface area (Å²) in [6, 6.07) is 7.52. The second-order valence-corrected chi connectivity index (χ2v) is 4.88. The average Bonchev–Trinajstić information content (AvgIpc) is 2.42. The molecule has 1 N–H and O–H groups in total. The Morgan fingerprint density at radius 2 is 2.27 bits per heavy atom. The lowest BCUT2D eigenvalue weighted by atomic mass is 10.1. The number of benzene rings is 1. The Kier molecular flexibility index (Phi) is 2.56. The van der Waals surface area contributed by atoms with Crippen molar-refractivity contribution in [3.63, 3.8) is 0 Å². The van der Waals surface area contributed by atoms with E-state index in [1.165, 1.54) is 0 Å². The Hall–Kier alpha value is -0.870. The summed E-state index contributed by atoms with van der Waals surface area (Å²) in [6.07, 6.45) is 0.484. The highest BCUT2D eigenvalue weighted by molar-refractivity contribution is 9.10. The van der Waals surface area contributed by atoms with Crippen LogP contribution in [-0.2, 0) is 4.79 Å². The van der Waals surface area contributed by atoms with Gasteiger partial charge in [-0.2, -0.15) is 0 Å². The molecular weight excluding hydrogens is 258 g/mol. The number of carbonyl (C=O) groups is 1. The van der Waals surface area contributed by atoms with Crippen molar-refractivity contribution in [1.29, 1.82) is 0 Å². The monoisotopic (exact) mass is 269 g/mol. The molecule has 1 aromatic carbocycles. The molecule has 1 amide bonds. The summed E-state index contributed by atoms with van der Waals surface area (Å²) in [6.45, 7) is 2.13. The van der Waals surface area contributed by atoms with E-state index in [1.54, 1.807) is 11.8 Å². The number of amides is 1. The van der Waals surface area contributed by atoms with Crippen molar-refractivity contribution >= 4 is 27.5 Å². The highest BCUT2D eigenvalue weighted by atomic mass is 79.9. The lowest BCUT2D eigenvalue weighted by molar-refractivity contribution is -0.131. The molecule has 0 aliphatic carbocycles. The number of carbonyl (C=O) groups excluding carboxylic acids is 1. The average molecular weight is 270 g/mol. The Labute approximate surface area is 96.8 Å². The minimum atomic E-state index is -1.21. The van der Waals surface area contributed by atoms with Crippen molar-refractivity contribution in [2.45, 2.75) is 18.9 Å². The fourth-order valence-corrected chi connectivity index (χ4v) is 2.11. The van der Waals surface area contributed by atoms with Crippen molar-refractivity contribution in [2.24, 2.45) is 0 Å². The van der Waals surface area contributed by atoms with Crippen LogP contribution in [0.5, 0.6) is 0 Å². The van der Waals surface area contributed by atoms with E-state index < -0.39 is 5.60 Å². The quantitative estimate of drug-likeness (QED) is 0.847. The summed E-state index contributed by atoms with van der Waals surface area (Å²) in [5, 5.41) is 9.76. The molecule has 0 spiro atoms. The van der Waals surface area contributed by atoms with Gasteiger partial charge in [-0.1, -0.05) is 22.0 Å². The van der Waals surface area contributed by atoms with Crippen LogP contribution < -0.4 is 4.90 Å². The van der Waals surface area contributed by atoms with Crippen molar-refractivity contribution in [2.75, 3.05) is 11.4 Å². The maximum atomic E-state index is 11.8. The normalized spacial score (nSPS) is 26.1. The van der Waals surface area contributed by atoms with Gasteiger partial charge in [0.05, 0.1) is 0 Å². The van der Waals surface area contributed by atoms with Gasteiger partial charge in [-0.05, 0) is 25.1 Å². The number of hydrogen-bond donors (Lipinski definition) is 1. The van der Waals surface area contributed by atoms with Crippen LogP contribution in [0.1, 0.15) is 13.3 Å². The zero-order chi connectivity index (χ0) is 11.1. The third kappa shape index (κ3) is 1.92. The van der Waals surface area contributed by atoms with Crippen molar-refractivity contribution in [1.82, 2.24) is 0 Å². The highest BCUT2D eigenvalue weighted by Gasteiger charge is 2.41. The summed E-state index contributed by atoms with van der Waals surface area (Å²) < 4.78 is 0.930. The lowest BCUT2D eigenvalue weighted by Crippen LogP contribution is -2.37. The standard InChI is InChI=1S/C11H12BrNO2/c1-11(15)5-6-13(10(11)14)9-4-2-3-8(12)7-9/h2-4,7,15H,5-6H2,1H3. The summed E-state index contributed by atoms with van der Waals surface area (Å²) >= 11 is 3.36. The molecule has 0 aromatic heterocycles. The molecule has 15 heavy (non-hydrogen) atoms. The highest BCUT2D eigenvalue weighted by Crippen LogP contribution is 2.29. The fraction of sp³-hybridized carbons (Fsp3) is 0.364. The molecule has 1 atom stereocenters. The van der Waals surface area contributed by atoms with Crippen LogP contribution in [0.15, 0.2) is 28.7 Å². The van der Waals surface area contributed by atoms with Gasteiger partial charge in [-0.25, -0.2) is 0 Å². The first-order chi connectivity index (χ1) is 7.00. The van der Waals surface area contributed by atoms with Gasteiger partial charge in [-0.15, -0.1) is 0 Å². The fourth-order valence-electron chi connectivity index (χ4n) is 1.72. The third-order valence-corrected chi connectivity index (χ3v) is 3.14. The van der Waals surface area contributed by atoms with Crippen LogP contribution in [0, 0.1) is 0 Å². The van der Waals surface area contributed by atoms with Crippen LogP contribution in [0.25, 0.3) is 0 Å². The smallest absolute Gasteiger partial charge is 0.258 e. The summed E-state index contributed by atoms with van der Waals surface area (Å²) in [4.78, 5) is 13.4. The third-order valence-electron chi connectivity index (χ3n) is 2.65. The molecule has 1 aliphatic rings. The second-order valence-electron chi connectivity index (χ2n) is 3.96. The first kappa shape index (κ1) is 10.6. The maximum absolute atomic E-state index is 11.8. The van der Waals surface area contributed by atoms with Gasteiger partial charge in [-0.3, -0.25) is 4.79 Å². The largest absolute Gasteiger partial charge is 0.380 e. The van der Waals surface area contributed by atoms with E-state index in [1.807, 2.05) is 24.3 Å². The number of rotatable bonds is 1. The van der Waals surface area contributed by atoms with E-state index >= 15 is 0 Å². The maximum Gasteiger partial charge on any atom is 0.258 e. The Morgan fingerprint density at radius 3 is 2.80 bits per heavy atom. The molecule has 3 nitrogen and oxygen atoms in total. The van der Waals surface area contributed by atoms with Gasteiger partial charge in [0.25, 0.3) is 5.91 Å². The lowest BCUT2D eigenvalue weighted by Gasteiger charge is -2.18. The summed E-state index contributed by atoms with van der Waals surface area (Å²) in [7, 11) is 0. The molecule has 1 aromatic rings. The molecule has 0 bridgehead atoms. The summed E-state index contributed by atoms with van der Waals surface area (Å²) in [5.74, 6) is -0.222. The van der Waals surface area contributed by atoms with Crippen LogP contribution >= 0.6 is 15.9 Å². The molecule has 0 radical (unpaired) electrons. The molecule has 1 saturated heterocycles. The van der Waals surface area contributed by atoms with Gasteiger partial charge in [0.2, 0.25) is 0 Å². The second kappa shape index (κ2) is 3.61. The van der Waals surface area contributed by atoms with Gasteiger partial charge < -0.3 is 10.0 Å². The number of nitrogens with zero attached hydrogens (tertiary/aromatic N) is 1. The van der Waals surface area contributed by atoms with Gasteiger partial charge in [0.1, 0.15) is 5.60 Å². The van der Waals surface area contributed by atoms with E-state index in [0.717, 1.165) is 10.2 Å². The van der Waals surface area contributed by atoms with Crippen LogP contribution in [0.4, 0.5) is 5.69 Å². The SMILES string of the molecule is CC1(O)CCN(c2cccc(Br)c2)C1=O. The van der Waals surface area contributed by atoms with Crippen LogP contribution in [-0.4, -0.2) is 23.2 Å². The molecule has 1 fully saturated rings. The topological polar surface area (TPSA) is 40.5 Å². The van der Waals surface area contributed by atoms with E-state index in [0.29, 0.717) is 13.0 Å². The van der Waals surface area contributed by atoms with E-state index in [2.05, 4.69) is 15.9 Å². The Morgan fingerprint density at radius 1 is 1.53 bits per heavy atom. The van der Waals surface area contributed by atoms with Crippen molar-refractivity contribution in [3.8, 4) is 0 Å². The van der Waals surface area contributed by atoms with Crippen LogP contribution in [0.2, 0.25) is 0 Å². The zero-order valence-corrected chi connectivity index (χ0v) is 9.99. The number of hydrogen-bond acceptors (Lipinski definition) is 2. The van der Waals surface area contributed by atoms with E-state index in [9.17, 15) is 9.90 Å². The van der Waals surface area contributed by atoms with Crippen LogP contribution in [0.3, 0.4) is 0 Å². The summed E-state index contributed by atoms with van der Waals surface area (Å²) in [5.41, 5.74) is -0.380.